The Kier molecular flexibility index (Phi) is 1.76. The number of phenolic OH excluding ortho intramolecular Hbond substituents is 1. The van der Waals surface area contributed by atoms with Crippen LogP contribution in [0.25, 0.3) is 6.08 Å². The summed E-state index contributed by atoms with van der Waals surface area (Å²) >= 11 is 0. The minimum atomic E-state index is 0.301. The highest BCUT2D eigenvalue weighted by atomic mass is 16.3. The van der Waals surface area contributed by atoms with Gasteiger partial charge < -0.3 is 5.11 Å². The van der Waals surface area contributed by atoms with Gasteiger partial charge in [-0.15, -0.1) is 0 Å². The summed E-state index contributed by atoms with van der Waals surface area (Å²) in [5.41, 5.74) is 1.84. The molecule has 52 valence electrons. The van der Waals surface area contributed by atoms with Gasteiger partial charge in [0.25, 0.3) is 0 Å². The van der Waals surface area contributed by atoms with E-state index in [0.29, 0.717) is 5.75 Å². The maximum absolute atomic E-state index is 9.22. The molecule has 1 aromatic rings. The lowest BCUT2D eigenvalue weighted by Crippen LogP contribution is -1.75. The molecule has 0 spiro atoms. The second-order valence-corrected chi connectivity index (χ2v) is 2.27. The summed E-state index contributed by atoms with van der Waals surface area (Å²) in [6.07, 6.45) is 1.63. The predicted octanol–water partition coefficient (Wildman–Crippen LogP) is 2.34. The van der Waals surface area contributed by atoms with Crippen LogP contribution in [0.5, 0.6) is 5.75 Å². The van der Waals surface area contributed by atoms with Gasteiger partial charge in [-0.25, -0.2) is 0 Å². The van der Waals surface area contributed by atoms with E-state index in [-0.39, 0.29) is 0 Å². The summed E-state index contributed by atoms with van der Waals surface area (Å²) in [4.78, 5) is 0. The van der Waals surface area contributed by atoms with Crippen LogP contribution in [0.2, 0.25) is 0 Å². The average Bonchev–Trinajstić information content (AvgIpc) is 1.88. The van der Waals surface area contributed by atoms with Gasteiger partial charge in [0.1, 0.15) is 5.75 Å². The lowest BCUT2D eigenvalue weighted by atomic mass is 10.1. The van der Waals surface area contributed by atoms with Gasteiger partial charge >= 0.3 is 0 Å². The second-order valence-electron chi connectivity index (χ2n) is 2.27. The highest BCUT2D eigenvalue weighted by Gasteiger charge is 1.94. The number of aryl methyl sites for hydroxylation is 1. The molecule has 0 amide bonds. The number of benzene rings is 1. The Balaban J connectivity index is 3.19. The highest BCUT2D eigenvalue weighted by molar-refractivity contribution is 5.55. The lowest BCUT2D eigenvalue weighted by molar-refractivity contribution is 0.473. The highest BCUT2D eigenvalue weighted by Crippen LogP contribution is 2.18. The zero-order valence-corrected chi connectivity index (χ0v) is 5.96. The molecule has 1 nitrogen and oxygen atoms in total. The molecule has 10 heavy (non-hydrogen) atoms. The molecule has 0 aliphatic heterocycles. The molecule has 1 N–H and O–H groups in total. The van der Waals surface area contributed by atoms with Crippen LogP contribution in [0.1, 0.15) is 11.1 Å². The van der Waals surface area contributed by atoms with Crippen LogP contribution in [0.15, 0.2) is 24.8 Å². The van der Waals surface area contributed by atoms with Crippen molar-refractivity contribution in [2.75, 3.05) is 0 Å². The monoisotopic (exact) mass is 134 g/mol. The van der Waals surface area contributed by atoms with Crippen molar-refractivity contribution in [1.82, 2.24) is 0 Å². The first kappa shape index (κ1) is 6.87. The molecule has 0 unspecified atom stereocenters. The third-order valence-corrected chi connectivity index (χ3v) is 1.41. The SMILES string of the molecule is C=Cc1ccc(C)cc1O. The van der Waals surface area contributed by atoms with E-state index >= 15 is 0 Å². The van der Waals surface area contributed by atoms with Gasteiger partial charge in [-0.2, -0.15) is 0 Å². The quantitative estimate of drug-likeness (QED) is 0.625. The Morgan fingerprint density at radius 3 is 2.70 bits per heavy atom. The average molecular weight is 134 g/mol. The summed E-state index contributed by atoms with van der Waals surface area (Å²) in [5.74, 6) is 0.301. The van der Waals surface area contributed by atoms with Crippen molar-refractivity contribution in [2.45, 2.75) is 6.92 Å². The first-order chi connectivity index (χ1) is 4.74. The van der Waals surface area contributed by atoms with Crippen LogP contribution in [0.3, 0.4) is 0 Å². The van der Waals surface area contributed by atoms with Crippen molar-refractivity contribution in [3.8, 4) is 5.75 Å². The molecular formula is C9H10O. The number of phenols is 1. The Morgan fingerprint density at radius 2 is 2.20 bits per heavy atom. The van der Waals surface area contributed by atoms with Gasteiger partial charge in [-0.1, -0.05) is 24.8 Å². The maximum atomic E-state index is 9.22. The van der Waals surface area contributed by atoms with E-state index in [1.54, 1.807) is 12.1 Å². The number of hydrogen-bond acceptors (Lipinski definition) is 1. The van der Waals surface area contributed by atoms with Crippen LogP contribution in [0.4, 0.5) is 0 Å². The summed E-state index contributed by atoms with van der Waals surface area (Å²) in [7, 11) is 0. The smallest absolute Gasteiger partial charge is 0.123 e. The summed E-state index contributed by atoms with van der Waals surface area (Å²) in [5, 5.41) is 9.22. The van der Waals surface area contributed by atoms with E-state index in [1.807, 2.05) is 19.1 Å². The van der Waals surface area contributed by atoms with Gasteiger partial charge in [-0.05, 0) is 18.6 Å². The Labute approximate surface area is 60.6 Å². The third-order valence-electron chi connectivity index (χ3n) is 1.41. The summed E-state index contributed by atoms with van der Waals surface area (Å²) in [6.45, 7) is 5.50. The van der Waals surface area contributed by atoms with Crippen molar-refractivity contribution in [2.24, 2.45) is 0 Å². The molecule has 0 saturated carbocycles. The summed E-state index contributed by atoms with van der Waals surface area (Å²) < 4.78 is 0. The maximum Gasteiger partial charge on any atom is 0.123 e. The minimum absolute atomic E-state index is 0.301. The van der Waals surface area contributed by atoms with E-state index in [1.165, 1.54) is 0 Å². The predicted molar refractivity (Wildman–Crippen MR) is 42.9 cm³/mol. The van der Waals surface area contributed by atoms with Crippen molar-refractivity contribution >= 4 is 6.08 Å². The second kappa shape index (κ2) is 2.56. The van der Waals surface area contributed by atoms with Crippen molar-refractivity contribution in [3.05, 3.63) is 35.9 Å². The Morgan fingerprint density at radius 1 is 1.50 bits per heavy atom. The molecule has 0 fully saturated rings. The molecule has 0 atom stereocenters. The molecule has 0 heterocycles. The number of rotatable bonds is 1. The van der Waals surface area contributed by atoms with Gasteiger partial charge in [0, 0.05) is 5.56 Å². The van der Waals surface area contributed by atoms with Crippen molar-refractivity contribution < 1.29 is 5.11 Å². The van der Waals surface area contributed by atoms with Crippen LogP contribution in [-0.2, 0) is 0 Å². The van der Waals surface area contributed by atoms with Crippen LogP contribution in [0, 0.1) is 6.92 Å². The molecule has 0 aliphatic carbocycles. The lowest BCUT2D eigenvalue weighted by Gasteiger charge is -1.98. The zero-order valence-electron chi connectivity index (χ0n) is 5.96. The fourth-order valence-electron chi connectivity index (χ4n) is 0.826. The molecule has 0 radical (unpaired) electrons. The van der Waals surface area contributed by atoms with Crippen molar-refractivity contribution in [1.29, 1.82) is 0 Å². The van der Waals surface area contributed by atoms with Gasteiger partial charge in [0.2, 0.25) is 0 Å². The first-order valence-corrected chi connectivity index (χ1v) is 3.16. The first-order valence-electron chi connectivity index (χ1n) is 3.16. The number of aromatic hydroxyl groups is 1. The minimum Gasteiger partial charge on any atom is -0.507 e. The largest absolute Gasteiger partial charge is 0.507 e. The van der Waals surface area contributed by atoms with Gasteiger partial charge in [-0.3, -0.25) is 0 Å². The summed E-state index contributed by atoms with van der Waals surface area (Å²) in [6, 6.07) is 5.51. The molecule has 1 heteroatoms. The Bertz CT molecular complexity index is 251. The van der Waals surface area contributed by atoms with Crippen LogP contribution < -0.4 is 0 Å². The van der Waals surface area contributed by atoms with Crippen LogP contribution >= 0.6 is 0 Å². The fraction of sp³-hybridized carbons (Fsp3) is 0.111. The van der Waals surface area contributed by atoms with E-state index < -0.39 is 0 Å². The van der Waals surface area contributed by atoms with Gasteiger partial charge in [0.05, 0.1) is 0 Å². The molecule has 0 aliphatic rings. The Hall–Kier alpha value is -1.24. The molecule has 1 rings (SSSR count). The van der Waals surface area contributed by atoms with E-state index in [2.05, 4.69) is 6.58 Å². The van der Waals surface area contributed by atoms with Crippen molar-refractivity contribution in [3.63, 3.8) is 0 Å². The molecule has 1 aromatic carbocycles. The third kappa shape index (κ3) is 1.18. The molecular weight excluding hydrogens is 124 g/mol. The molecule has 0 bridgehead atoms. The standard InChI is InChI=1S/C9H10O/c1-3-8-5-4-7(2)6-9(8)10/h3-6,10H,1H2,2H3. The molecule has 0 saturated heterocycles. The van der Waals surface area contributed by atoms with E-state index in [4.69, 9.17) is 0 Å². The normalized spacial score (nSPS) is 9.30. The zero-order chi connectivity index (χ0) is 7.56. The molecule has 0 aromatic heterocycles. The van der Waals surface area contributed by atoms with E-state index in [0.717, 1.165) is 11.1 Å². The van der Waals surface area contributed by atoms with Gasteiger partial charge in [0.15, 0.2) is 0 Å². The number of hydrogen-bond donors (Lipinski definition) is 1. The fourth-order valence-corrected chi connectivity index (χ4v) is 0.826. The van der Waals surface area contributed by atoms with E-state index in [9.17, 15) is 5.11 Å². The topological polar surface area (TPSA) is 20.2 Å². The van der Waals surface area contributed by atoms with Crippen LogP contribution in [-0.4, -0.2) is 5.11 Å².